The van der Waals surface area contributed by atoms with E-state index in [0.29, 0.717) is 18.2 Å². The summed E-state index contributed by atoms with van der Waals surface area (Å²) in [6.07, 6.45) is 3.09. The van der Waals surface area contributed by atoms with Crippen molar-refractivity contribution in [2.24, 2.45) is 11.8 Å². The zero-order valence-electron chi connectivity index (χ0n) is 19.5. The molecular formula is C28H31N3O3. The van der Waals surface area contributed by atoms with Crippen LogP contribution in [0.5, 0.6) is 0 Å². The molecule has 34 heavy (non-hydrogen) atoms. The van der Waals surface area contributed by atoms with Crippen molar-refractivity contribution in [1.29, 1.82) is 0 Å². The molecular weight excluding hydrogens is 426 g/mol. The van der Waals surface area contributed by atoms with Gasteiger partial charge in [-0.3, -0.25) is 4.79 Å². The third-order valence-corrected chi connectivity index (χ3v) is 7.44. The van der Waals surface area contributed by atoms with Crippen molar-refractivity contribution in [1.82, 2.24) is 10.3 Å². The number of aryl methyl sites for hydroxylation is 1. The van der Waals surface area contributed by atoms with E-state index < -0.39 is 11.5 Å². The van der Waals surface area contributed by atoms with Crippen molar-refractivity contribution >= 4 is 11.7 Å². The highest BCUT2D eigenvalue weighted by molar-refractivity contribution is 5.88. The number of rotatable bonds is 7. The van der Waals surface area contributed by atoms with E-state index in [1.807, 2.05) is 19.1 Å². The van der Waals surface area contributed by atoms with Crippen LogP contribution < -0.4 is 15.8 Å². The van der Waals surface area contributed by atoms with Crippen molar-refractivity contribution in [3.63, 3.8) is 0 Å². The van der Waals surface area contributed by atoms with Crippen LogP contribution in [0.4, 0.5) is 5.69 Å². The molecule has 3 atom stereocenters. The van der Waals surface area contributed by atoms with Gasteiger partial charge in [0, 0.05) is 31.4 Å². The minimum atomic E-state index is -1.20. The van der Waals surface area contributed by atoms with E-state index in [9.17, 15) is 14.7 Å². The molecule has 2 aliphatic rings. The first kappa shape index (κ1) is 22.4. The molecule has 0 spiro atoms. The number of carboxylic acid groups (broad SMARTS) is 1. The van der Waals surface area contributed by atoms with Crippen LogP contribution in [0.25, 0.3) is 11.3 Å². The molecule has 5 rings (SSSR count). The molecule has 2 heterocycles. The van der Waals surface area contributed by atoms with Gasteiger partial charge in [0.25, 0.3) is 5.56 Å². The molecule has 0 radical (unpaired) electrons. The number of carbonyl (C=O) groups is 1. The highest BCUT2D eigenvalue weighted by Gasteiger charge is 2.40. The maximum atomic E-state index is 12.2. The first-order valence-electron chi connectivity index (χ1n) is 12.1. The average molecular weight is 458 g/mol. The quantitative estimate of drug-likeness (QED) is 0.492. The van der Waals surface area contributed by atoms with E-state index in [1.54, 1.807) is 0 Å². The Hall–Kier alpha value is -3.38. The summed E-state index contributed by atoms with van der Waals surface area (Å²) in [7, 11) is 0. The number of pyridine rings is 1. The Balaban J connectivity index is 1.23. The molecule has 1 saturated carbocycles. The van der Waals surface area contributed by atoms with Gasteiger partial charge in [-0.15, -0.1) is 0 Å². The SMILES string of the molecule is CCc1cc(C(=O)O)c(=O)[nH]c1-c1ccc(N2C[C@H]3CC(NCc4ccccc4)C[C@H]3C2)cc1. The van der Waals surface area contributed by atoms with Gasteiger partial charge in [0.1, 0.15) is 5.56 Å². The molecule has 6 heteroatoms. The Bertz CT molecular complexity index is 1210. The number of nitrogens with zero attached hydrogens (tertiary/aromatic N) is 1. The standard InChI is InChI=1S/C28H31N3O3/c1-2-19-14-25(28(33)34)27(32)30-26(19)20-8-10-24(11-9-20)31-16-21-12-23(13-22(21)17-31)29-15-18-6-4-3-5-7-18/h3-11,14,21-23,29H,2,12-13,15-17H2,1H3,(H,30,32)(H,33,34)/t21-,22+,23?. The van der Waals surface area contributed by atoms with Gasteiger partial charge in [-0.1, -0.05) is 49.4 Å². The van der Waals surface area contributed by atoms with Gasteiger partial charge in [0.15, 0.2) is 0 Å². The van der Waals surface area contributed by atoms with Crippen LogP contribution in [0.1, 0.15) is 41.3 Å². The molecule has 1 aliphatic carbocycles. The van der Waals surface area contributed by atoms with Crippen molar-refractivity contribution in [3.05, 3.63) is 87.7 Å². The number of nitrogens with one attached hydrogen (secondary N) is 2. The highest BCUT2D eigenvalue weighted by atomic mass is 16.4. The molecule has 6 nitrogen and oxygen atoms in total. The van der Waals surface area contributed by atoms with Gasteiger partial charge in [-0.2, -0.15) is 0 Å². The van der Waals surface area contributed by atoms with Gasteiger partial charge in [-0.05, 0) is 66.0 Å². The van der Waals surface area contributed by atoms with E-state index in [4.69, 9.17) is 0 Å². The minimum absolute atomic E-state index is 0.211. The van der Waals surface area contributed by atoms with Crippen LogP contribution in [0.15, 0.2) is 65.5 Å². The second-order valence-electron chi connectivity index (χ2n) is 9.58. The van der Waals surface area contributed by atoms with E-state index in [1.165, 1.54) is 30.2 Å². The van der Waals surface area contributed by atoms with E-state index in [0.717, 1.165) is 42.6 Å². The average Bonchev–Trinajstić information content (AvgIpc) is 3.42. The number of benzene rings is 2. The van der Waals surface area contributed by atoms with Crippen molar-refractivity contribution < 1.29 is 9.90 Å². The summed E-state index contributed by atoms with van der Waals surface area (Å²) >= 11 is 0. The van der Waals surface area contributed by atoms with Crippen LogP contribution in [0.2, 0.25) is 0 Å². The summed E-state index contributed by atoms with van der Waals surface area (Å²) < 4.78 is 0. The summed E-state index contributed by atoms with van der Waals surface area (Å²) in [6, 6.07) is 21.0. The van der Waals surface area contributed by atoms with Crippen molar-refractivity contribution in [2.75, 3.05) is 18.0 Å². The third-order valence-electron chi connectivity index (χ3n) is 7.44. The summed E-state index contributed by atoms with van der Waals surface area (Å²) in [5.41, 5.74) is 4.20. The molecule has 1 aromatic heterocycles. The minimum Gasteiger partial charge on any atom is -0.477 e. The Morgan fingerprint density at radius 3 is 2.35 bits per heavy atom. The molecule has 2 aromatic carbocycles. The lowest BCUT2D eigenvalue weighted by molar-refractivity contribution is 0.0695. The van der Waals surface area contributed by atoms with Gasteiger partial charge >= 0.3 is 5.97 Å². The predicted molar refractivity (Wildman–Crippen MR) is 134 cm³/mol. The molecule has 3 N–H and O–H groups in total. The zero-order chi connectivity index (χ0) is 23.7. The Labute approximate surface area is 199 Å². The zero-order valence-corrected chi connectivity index (χ0v) is 19.5. The number of hydrogen-bond acceptors (Lipinski definition) is 4. The highest BCUT2D eigenvalue weighted by Crippen LogP contribution is 2.40. The maximum Gasteiger partial charge on any atom is 0.341 e. The Morgan fingerprint density at radius 1 is 1.06 bits per heavy atom. The molecule has 176 valence electrons. The van der Waals surface area contributed by atoms with Crippen LogP contribution in [-0.4, -0.2) is 35.2 Å². The van der Waals surface area contributed by atoms with Crippen LogP contribution >= 0.6 is 0 Å². The first-order valence-corrected chi connectivity index (χ1v) is 12.1. The predicted octanol–water partition coefficient (Wildman–Crippen LogP) is 4.31. The summed E-state index contributed by atoms with van der Waals surface area (Å²) in [5.74, 6) is 0.244. The number of aromatic amines is 1. The number of fused-ring (bicyclic) bond motifs is 1. The maximum absolute atomic E-state index is 12.2. The number of hydrogen-bond donors (Lipinski definition) is 3. The first-order chi connectivity index (χ1) is 16.5. The summed E-state index contributed by atoms with van der Waals surface area (Å²) in [6.45, 7) is 5.06. The van der Waals surface area contributed by atoms with Gasteiger partial charge < -0.3 is 20.3 Å². The van der Waals surface area contributed by atoms with Gasteiger partial charge in [-0.25, -0.2) is 4.79 Å². The Kier molecular flexibility index (Phi) is 6.24. The smallest absolute Gasteiger partial charge is 0.341 e. The Morgan fingerprint density at radius 2 is 1.74 bits per heavy atom. The van der Waals surface area contributed by atoms with Crippen LogP contribution in [0.3, 0.4) is 0 Å². The lowest BCUT2D eigenvalue weighted by Crippen LogP contribution is -2.29. The molecule has 1 saturated heterocycles. The van der Waals surface area contributed by atoms with E-state index in [2.05, 4.69) is 57.7 Å². The summed E-state index contributed by atoms with van der Waals surface area (Å²) in [5, 5.41) is 13.0. The number of aromatic nitrogens is 1. The van der Waals surface area contributed by atoms with Gasteiger partial charge in [0.2, 0.25) is 0 Å². The number of H-pyrrole nitrogens is 1. The second kappa shape index (κ2) is 9.47. The largest absolute Gasteiger partial charge is 0.477 e. The van der Waals surface area contributed by atoms with Crippen molar-refractivity contribution in [2.45, 2.75) is 38.8 Å². The normalized spacial score (nSPS) is 21.6. The molecule has 3 aromatic rings. The number of anilines is 1. The number of carboxylic acids is 1. The van der Waals surface area contributed by atoms with Crippen molar-refractivity contribution in [3.8, 4) is 11.3 Å². The fourth-order valence-corrected chi connectivity index (χ4v) is 5.64. The van der Waals surface area contributed by atoms with E-state index in [-0.39, 0.29) is 5.56 Å². The van der Waals surface area contributed by atoms with E-state index >= 15 is 0 Å². The van der Waals surface area contributed by atoms with Crippen LogP contribution in [-0.2, 0) is 13.0 Å². The molecule has 0 amide bonds. The summed E-state index contributed by atoms with van der Waals surface area (Å²) in [4.78, 5) is 28.8. The molecule has 0 bridgehead atoms. The lowest BCUT2D eigenvalue weighted by Gasteiger charge is -2.22. The molecule has 1 aliphatic heterocycles. The lowest BCUT2D eigenvalue weighted by atomic mass is 10.0. The van der Waals surface area contributed by atoms with Gasteiger partial charge in [0.05, 0.1) is 5.69 Å². The monoisotopic (exact) mass is 457 g/mol. The third kappa shape index (κ3) is 4.50. The second-order valence-corrected chi connectivity index (χ2v) is 9.58. The number of aromatic carboxylic acids is 1. The molecule has 1 unspecified atom stereocenters. The molecule has 2 fully saturated rings. The topological polar surface area (TPSA) is 85.4 Å². The fraction of sp³-hybridized carbons (Fsp3) is 0.357. The fourth-order valence-electron chi connectivity index (χ4n) is 5.64. The van der Waals surface area contributed by atoms with Crippen LogP contribution in [0, 0.1) is 11.8 Å².